The van der Waals surface area contributed by atoms with Crippen molar-refractivity contribution < 1.29 is 0 Å². The van der Waals surface area contributed by atoms with Gasteiger partial charge >= 0.3 is 0 Å². The fourth-order valence-electron chi connectivity index (χ4n) is 2.58. The van der Waals surface area contributed by atoms with Gasteiger partial charge in [0.05, 0.1) is 6.04 Å². The van der Waals surface area contributed by atoms with Crippen molar-refractivity contribution in [2.75, 3.05) is 6.54 Å². The van der Waals surface area contributed by atoms with Crippen molar-refractivity contribution in [2.24, 2.45) is 0 Å². The molecule has 2 aromatic heterocycles. The molecule has 0 aliphatic rings. The van der Waals surface area contributed by atoms with Crippen LogP contribution in [0.2, 0.25) is 0 Å². The maximum absolute atomic E-state index is 3.66. The van der Waals surface area contributed by atoms with E-state index in [1.165, 1.54) is 35.4 Å². The lowest BCUT2D eigenvalue weighted by Crippen LogP contribution is -2.20. The van der Waals surface area contributed by atoms with E-state index in [2.05, 4.69) is 71.7 Å². The van der Waals surface area contributed by atoms with Crippen molar-refractivity contribution in [1.82, 2.24) is 5.32 Å². The molecule has 0 bridgehead atoms. The SMILES string of the molecule is CCNC(c1cc(C)c(C)s1)c1csc2c(Br)cccc12. The number of fused-ring (bicyclic) bond motifs is 1. The summed E-state index contributed by atoms with van der Waals surface area (Å²) in [5, 5.41) is 7.30. The molecule has 0 fully saturated rings. The van der Waals surface area contributed by atoms with Gasteiger partial charge in [0, 0.05) is 18.9 Å². The summed E-state index contributed by atoms with van der Waals surface area (Å²) in [6.45, 7) is 7.53. The summed E-state index contributed by atoms with van der Waals surface area (Å²) in [4.78, 5) is 2.82. The van der Waals surface area contributed by atoms with Crippen LogP contribution in [0.25, 0.3) is 10.1 Å². The molecule has 0 aliphatic carbocycles. The van der Waals surface area contributed by atoms with Gasteiger partial charge in [-0.3, -0.25) is 0 Å². The molecular weight excluding hydrogens is 362 g/mol. The molecule has 3 rings (SSSR count). The minimum Gasteiger partial charge on any atom is -0.306 e. The molecular formula is C17H18BrNS2. The smallest absolute Gasteiger partial charge is 0.0685 e. The van der Waals surface area contributed by atoms with Gasteiger partial charge in [0.25, 0.3) is 0 Å². The lowest BCUT2D eigenvalue weighted by Gasteiger charge is -2.16. The Kier molecular flexibility index (Phi) is 4.50. The van der Waals surface area contributed by atoms with Crippen LogP contribution in [0.15, 0.2) is 34.1 Å². The Balaban J connectivity index is 2.13. The molecule has 1 atom stereocenters. The summed E-state index contributed by atoms with van der Waals surface area (Å²) in [6, 6.07) is 9.08. The second kappa shape index (κ2) is 6.21. The van der Waals surface area contributed by atoms with Crippen LogP contribution in [-0.4, -0.2) is 6.54 Å². The molecule has 1 unspecified atom stereocenters. The summed E-state index contributed by atoms with van der Waals surface area (Å²) in [6.07, 6.45) is 0. The average Bonchev–Trinajstić information content (AvgIpc) is 3.02. The molecule has 21 heavy (non-hydrogen) atoms. The minimum absolute atomic E-state index is 0.287. The molecule has 0 spiro atoms. The van der Waals surface area contributed by atoms with E-state index in [1.807, 2.05) is 22.7 Å². The van der Waals surface area contributed by atoms with Gasteiger partial charge in [0.2, 0.25) is 0 Å². The third-order valence-corrected chi connectivity index (χ3v) is 6.96. The van der Waals surface area contributed by atoms with Crippen molar-refractivity contribution in [2.45, 2.75) is 26.8 Å². The monoisotopic (exact) mass is 379 g/mol. The predicted octanol–water partition coefficient (Wildman–Crippen LogP) is 6.04. The van der Waals surface area contributed by atoms with Crippen molar-refractivity contribution >= 4 is 48.7 Å². The van der Waals surface area contributed by atoms with Gasteiger partial charge in [0.15, 0.2) is 0 Å². The van der Waals surface area contributed by atoms with Crippen LogP contribution in [0.4, 0.5) is 0 Å². The van der Waals surface area contributed by atoms with Crippen molar-refractivity contribution in [3.63, 3.8) is 0 Å². The number of nitrogens with one attached hydrogen (secondary N) is 1. The van der Waals surface area contributed by atoms with Gasteiger partial charge in [-0.2, -0.15) is 0 Å². The highest BCUT2D eigenvalue weighted by molar-refractivity contribution is 9.10. The van der Waals surface area contributed by atoms with E-state index in [0.29, 0.717) is 0 Å². The van der Waals surface area contributed by atoms with Gasteiger partial charge in [-0.05, 0) is 70.3 Å². The number of rotatable bonds is 4. The summed E-state index contributed by atoms with van der Waals surface area (Å²) < 4.78 is 2.52. The first-order valence-electron chi connectivity index (χ1n) is 7.07. The predicted molar refractivity (Wildman–Crippen MR) is 98.8 cm³/mol. The van der Waals surface area contributed by atoms with Crippen LogP contribution < -0.4 is 5.32 Å². The Bertz CT molecular complexity index is 753. The second-order valence-corrected chi connectivity index (χ2v) is 8.21. The largest absolute Gasteiger partial charge is 0.306 e. The van der Waals surface area contributed by atoms with Gasteiger partial charge in [-0.15, -0.1) is 22.7 Å². The van der Waals surface area contributed by atoms with E-state index >= 15 is 0 Å². The highest BCUT2D eigenvalue weighted by atomic mass is 79.9. The number of halogens is 1. The summed E-state index contributed by atoms with van der Waals surface area (Å²) in [5.74, 6) is 0. The molecule has 1 nitrogen and oxygen atoms in total. The van der Waals surface area contributed by atoms with Crippen molar-refractivity contribution in [1.29, 1.82) is 0 Å². The normalized spacial score (nSPS) is 13.0. The molecule has 3 aromatic rings. The fraction of sp³-hybridized carbons (Fsp3) is 0.294. The van der Waals surface area contributed by atoms with E-state index in [0.717, 1.165) is 6.54 Å². The number of aryl methyl sites for hydroxylation is 2. The first-order chi connectivity index (χ1) is 10.1. The molecule has 0 saturated carbocycles. The Morgan fingerprint density at radius 3 is 2.76 bits per heavy atom. The van der Waals surface area contributed by atoms with E-state index in [1.54, 1.807) is 0 Å². The van der Waals surface area contributed by atoms with E-state index in [-0.39, 0.29) is 6.04 Å². The standard InChI is InChI=1S/C17H18BrNS2/c1-4-19-16(15-8-10(2)11(3)21-15)13-9-20-17-12(13)6-5-7-14(17)18/h5-9,16,19H,4H2,1-3H3. The van der Waals surface area contributed by atoms with Gasteiger partial charge in [0.1, 0.15) is 0 Å². The molecule has 1 N–H and O–H groups in total. The highest BCUT2D eigenvalue weighted by Gasteiger charge is 2.20. The first kappa shape index (κ1) is 15.2. The molecule has 0 amide bonds. The molecule has 0 radical (unpaired) electrons. The summed E-state index contributed by atoms with van der Waals surface area (Å²) in [5.41, 5.74) is 2.78. The Hall–Kier alpha value is -0.680. The first-order valence-corrected chi connectivity index (χ1v) is 9.56. The maximum atomic E-state index is 3.66. The van der Waals surface area contributed by atoms with Crippen LogP contribution in [0.1, 0.15) is 33.8 Å². The number of hydrogen-bond acceptors (Lipinski definition) is 3. The second-order valence-electron chi connectivity index (χ2n) is 5.19. The van der Waals surface area contributed by atoms with Gasteiger partial charge in [-0.25, -0.2) is 0 Å². The van der Waals surface area contributed by atoms with Crippen LogP contribution in [0, 0.1) is 13.8 Å². The summed E-state index contributed by atoms with van der Waals surface area (Å²) in [7, 11) is 0. The summed E-state index contributed by atoms with van der Waals surface area (Å²) >= 11 is 7.38. The van der Waals surface area contributed by atoms with Crippen LogP contribution >= 0.6 is 38.6 Å². The zero-order chi connectivity index (χ0) is 15.0. The molecule has 0 aliphatic heterocycles. The number of hydrogen-bond donors (Lipinski definition) is 1. The van der Waals surface area contributed by atoms with Crippen LogP contribution in [0.5, 0.6) is 0 Å². The third kappa shape index (κ3) is 2.82. The molecule has 0 saturated heterocycles. The van der Waals surface area contributed by atoms with Crippen LogP contribution in [-0.2, 0) is 0 Å². The van der Waals surface area contributed by atoms with Crippen molar-refractivity contribution in [3.8, 4) is 0 Å². The van der Waals surface area contributed by atoms with Gasteiger partial charge < -0.3 is 5.32 Å². The third-order valence-electron chi connectivity index (χ3n) is 3.77. The molecule has 2 heterocycles. The van der Waals surface area contributed by atoms with E-state index in [4.69, 9.17) is 0 Å². The highest BCUT2D eigenvalue weighted by Crippen LogP contribution is 2.39. The van der Waals surface area contributed by atoms with E-state index in [9.17, 15) is 0 Å². The Morgan fingerprint density at radius 1 is 1.29 bits per heavy atom. The molecule has 110 valence electrons. The maximum Gasteiger partial charge on any atom is 0.0685 e. The quantitative estimate of drug-likeness (QED) is 0.582. The lowest BCUT2D eigenvalue weighted by atomic mass is 10.0. The van der Waals surface area contributed by atoms with Crippen LogP contribution in [0.3, 0.4) is 0 Å². The number of benzene rings is 1. The zero-order valence-electron chi connectivity index (χ0n) is 12.4. The minimum atomic E-state index is 0.287. The van der Waals surface area contributed by atoms with Gasteiger partial charge in [-0.1, -0.05) is 19.1 Å². The fourth-order valence-corrected chi connectivity index (χ4v) is 5.36. The van der Waals surface area contributed by atoms with E-state index < -0.39 is 0 Å². The average molecular weight is 380 g/mol. The topological polar surface area (TPSA) is 12.0 Å². The molecule has 4 heteroatoms. The molecule has 1 aromatic carbocycles. The zero-order valence-corrected chi connectivity index (χ0v) is 15.6. The lowest BCUT2D eigenvalue weighted by molar-refractivity contribution is 0.644. The number of thiophene rings is 2. The van der Waals surface area contributed by atoms with Crippen molar-refractivity contribution in [3.05, 3.63) is 55.0 Å². The Labute approximate surface area is 142 Å². The Morgan fingerprint density at radius 2 is 2.10 bits per heavy atom.